The average molecular weight is 407 g/mol. The first-order valence-electron chi connectivity index (χ1n) is 8.84. The van der Waals surface area contributed by atoms with Crippen molar-refractivity contribution in [2.24, 2.45) is 5.16 Å². The van der Waals surface area contributed by atoms with Crippen molar-refractivity contribution in [2.75, 3.05) is 5.32 Å². The molecule has 2 heterocycles. The van der Waals surface area contributed by atoms with Gasteiger partial charge in [-0.25, -0.2) is 18.7 Å². The Morgan fingerprint density at radius 3 is 2.57 bits per heavy atom. The van der Waals surface area contributed by atoms with Crippen LogP contribution in [0.2, 0.25) is 0 Å². The highest BCUT2D eigenvalue weighted by Crippen LogP contribution is 2.17. The average Bonchev–Trinajstić information content (AvgIpc) is 2.75. The minimum atomic E-state index is -0.964. The van der Waals surface area contributed by atoms with Crippen LogP contribution >= 0.6 is 0 Å². The Balaban J connectivity index is 1.75. The summed E-state index contributed by atoms with van der Waals surface area (Å²) in [6.07, 6.45) is 3.41. The number of aromatic nitrogens is 2. The summed E-state index contributed by atoms with van der Waals surface area (Å²) in [6.45, 7) is 1.85. The number of carbonyl (C=O) groups excluding carboxylic acids is 1. The quantitative estimate of drug-likeness (QED) is 0.490. The molecule has 1 N–H and O–H groups in total. The monoisotopic (exact) mass is 407 g/mol. The van der Waals surface area contributed by atoms with Crippen molar-refractivity contribution in [3.05, 3.63) is 83.3 Å². The smallest absolute Gasteiger partial charge is 0.262 e. The number of carbonyl (C=O) groups is 1. The van der Waals surface area contributed by atoms with Crippen molar-refractivity contribution in [3.63, 3.8) is 0 Å². The molecule has 0 aliphatic heterocycles. The molecule has 2 aromatic heterocycles. The summed E-state index contributed by atoms with van der Waals surface area (Å²) < 4.78 is 27.4. The van der Waals surface area contributed by atoms with Crippen LogP contribution in [0.3, 0.4) is 0 Å². The van der Waals surface area contributed by atoms with E-state index < -0.39 is 23.1 Å². The molecule has 0 aliphatic carbocycles. The predicted molar refractivity (Wildman–Crippen MR) is 105 cm³/mol. The predicted octanol–water partition coefficient (Wildman–Crippen LogP) is 4.07. The number of nitrogens with zero attached hydrogens (tertiary/aromatic N) is 4. The van der Waals surface area contributed by atoms with Crippen LogP contribution in [0.25, 0.3) is 0 Å². The SMILES string of the molecule is CC/C(=N/Oc1cccnc1C#N)c1ccc(NC(=O)c2c(F)cccc2F)nc1. The Bertz CT molecular complexity index is 1120. The summed E-state index contributed by atoms with van der Waals surface area (Å²) in [5, 5.41) is 15.4. The van der Waals surface area contributed by atoms with Gasteiger partial charge in [0, 0.05) is 18.0 Å². The van der Waals surface area contributed by atoms with Crippen LogP contribution in [0.1, 0.15) is 35.0 Å². The topological polar surface area (TPSA) is 100 Å². The number of pyridine rings is 2. The molecule has 150 valence electrons. The summed E-state index contributed by atoms with van der Waals surface area (Å²) >= 11 is 0. The zero-order valence-electron chi connectivity index (χ0n) is 15.8. The molecule has 3 rings (SSSR count). The number of nitriles is 1. The van der Waals surface area contributed by atoms with Crippen molar-refractivity contribution in [1.82, 2.24) is 9.97 Å². The van der Waals surface area contributed by atoms with Crippen LogP contribution in [0.15, 0.2) is 60.0 Å². The number of nitrogens with one attached hydrogen (secondary N) is 1. The second kappa shape index (κ2) is 9.34. The number of oxime groups is 1. The van der Waals surface area contributed by atoms with E-state index in [0.717, 1.165) is 12.1 Å². The second-order valence-corrected chi connectivity index (χ2v) is 5.93. The lowest BCUT2D eigenvalue weighted by atomic mass is 10.1. The maximum Gasteiger partial charge on any atom is 0.262 e. The van der Waals surface area contributed by atoms with Crippen molar-refractivity contribution in [1.29, 1.82) is 5.26 Å². The fourth-order valence-electron chi connectivity index (χ4n) is 2.51. The first-order chi connectivity index (χ1) is 14.5. The molecule has 3 aromatic rings. The van der Waals surface area contributed by atoms with Gasteiger partial charge in [0.15, 0.2) is 11.4 Å². The van der Waals surface area contributed by atoms with Crippen molar-refractivity contribution >= 4 is 17.4 Å². The van der Waals surface area contributed by atoms with Crippen LogP contribution in [0, 0.1) is 23.0 Å². The molecule has 0 atom stereocenters. The highest BCUT2D eigenvalue weighted by molar-refractivity contribution is 6.04. The number of halogens is 2. The van der Waals surface area contributed by atoms with Crippen molar-refractivity contribution in [2.45, 2.75) is 13.3 Å². The summed E-state index contributed by atoms with van der Waals surface area (Å²) in [5.74, 6) is -2.54. The van der Waals surface area contributed by atoms with Gasteiger partial charge < -0.3 is 10.2 Å². The van der Waals surface area contributed by atoms with Gasteiger partial charge in [-0.05, 0) is 42.8 Å². The number of rotatable bonds is 6. The van der Waals surface area contributed by atoms with E-state index >= 15 is 0 Å². The number of anilines is 1. The Hall–Kier alpha value is -4.19. The van der Waals surface area contributed by atoms with Gasteiger partial charge in [-0.2, -0.15) is 5.26 Å². The van der Waals surface area contributed by atoms with Crippen LogP contribution in [-0.2, 0) is 0 Å². The summed E-state index contributed by atoms with van der Waals surface area (Å²) in [6, 6.07) is 11.4. The minimum Gasteiger partial charge on any atom is -0.354 e. The van der Waals surface area contributed by atoms with Crippen molar-refractivity contribution < 1.29 is 18.4 Å². The normalized spacial score (nSPS) is 10.9. The Labute approximate surface area is 170 Å². The van der Waals surface area contributed by atoms with E-state index in [0.29, 0.717) is 17.7 Å². The fourth-order valence-corrected chi connectivity index (χ4v) is 2.51. The van der Waals surface area contributed by atoms with Gasteiger partial charge in [0.2, 0.25) is 0 Å². The van der Waals surface area contributed by atoms with Gasteiger partial charge in [-0.1, -0.05) is 18.1 Å². The first-order valence-corrected chi connectivity index (χ1v) is 8.84. The standard InChI is InChI=1S/C21H15F2N5O2/c1-2-16(28-30-18-7-4-10-25-17(18)11-24)13-8-9-19(26-12-13)27-21(29)20-14(22)5-3-6-15(20)23/h3-10,12H,2H2,1H3,(H,26,27,29)/b28-16-. The van der Waals surface area contributed by atoms with E-state index in [2.05, 4.69) is 20.4 Å². The molecule has 7 nitrogen and oxygen atoms in total. The first kappa shape index (κ1) is 20.5. The lowest BCUT2D eigenvalue weighted by molar-refractivity contribution is 0.101. The zero-order valence-corrected chi connectivity index (χ0v) is 15.8. The molecule has 1 amide bonds. The van der Waals surface area contributed by atoms with E-state index in [1.807, 2.05) is 13.0 Å². The molecule has 0 aliphatic rings. The van der Waals surface area contributed by atoms with Gasteiger partial charge in [0.05, 0.1) is 5.71 Å². The van der Waals surface area contributed by atoms with E-state index in [1.165, 1.54) is 24.5 Å². The fraction of sp³-hybridized carbons (Fsp3) is 0.0952. The second-order valence-electron chi connectivity index (χ2n) is 5.93. The largest absolute Gasteiger partial charge is 0.354 e. The van der Waals surface area contributed by atoms with E-state index in [-0.39, 0.29) is 17.3 Å². The molecule has 0 fully saturated rings. The number of benzene rings is 1. The van der Waals surface area contributed by atoms with Crippen LogP contribution in [0.4, 0.5) is 14.6 Å². The molecular weight excluding hydrogens is 392 g/mol. The maximum absolute atomic E-state index is 13.7. The summed E-state index contributed by atoms with van der Waals surface area (Å²) in [4.78, 5) is 25.5. The molecular formula is C21H15F2N5O2. The van der Waals surface area contributed by atoms with Crippen LogP contribution < -0.4 is 10.2 Å². The molecule has 1 aromatic carbocycles. The molecule has 30 heavy (non-hydrogen) atoms. The molecule has 0 spiro atoms. The van der Waals surface area contributed by atoms with Crippen LogP contribution in [0.5, 0.6) is 5.75 Å². The van der Waals surface area contributed by atoms with Gasteiger partial charge in [-0.3, -0.25) is 4.79 Å². The van der Waals surface area contributed by atoms with Gasteiger partial charge in [0.25, 0.3) is 5.91 Å². The van der Waals surface area contributed by atoms with Gasteiger partial charge in [0.1, 0.15) is 29.1 Å². The Kier molecular flexibility index (Phi) is 6.39. The van der Waals surface area contributed by atoms with Gasteiger partial charge >= 0.3 is 0 Å². The maximum atomic E-state index is 13.7. The Morgan fingerprint density at radius 2 is 1.93 bits per heavy atom. The van der Waals surface area contributed by atoms with E-state index in [9.17, 15) is 13.6 Å². The lowest BCUT2D eigenvalue weighted by Crippen LogP contribution is -2.16. The molecule has 9 heteroatoms. The van der Waals surface area contributed by atoms with Gasteiger partial charge in [-0.15, -0.1) is 0 Å². The Morgan fingerprint density at radius 1 is 1.17 bits per heavy atom. The highest BCUT2D eigenvalue weighted by atomic mass is 19.1. The lowest BCUT2D eigenvalue weighted by Gasteiger charge is -2.08. The molecule has 0 unspecified atom stereocenters. The molecule has 0 bridgehead atoms. The van der Waals surface area contributed by atoms with E-state index in [1.54, 1.807) is 18.2 Å². The highest BCUT2D eigenvalue weighted by Gasteiger charge is 2.17. The molecule has 0 radical (unpaired) electrons. The minimum absolute atomic E-state index is 0.105. The van der Waals surface area contributed by atoms with Crippen LogP contribution in [-0.4, -0.2) is 21.6 Å². The summed E-state index contributed by atoms with van der Waals surface area (Å²) in [7, 11) is 0. The van der Waals surface area contributed by atoms with E-state index in [4.69, 9.17) is 10.1 Å². The van der Waals surface area contributed by atoms with Crippen molar-refractivity contribution in [3.8, 4) is 11.8 Å². The third kappa shape index (κ3) is 4.62. The number of amides is 1. The summed E-state index contributed by atoms with van der Waals surface area (Å²) in [5.41, 5.74) is 0.564. The third-order valence-electron chi connectivity index (χ3n) is 3.99. The molecule has 0 saturated heterocycles. The molecule has 0 saturated carbocycles. The number of hydrogen-bond donors (Lipinski definition) is 1. The number of hydrogen-bond acceptors (Lipinski definition) is 6. The third-order valence-corrected chi connectivity index (χ3v) is 3.99. The zero-order chi connectivity index (χ0) is 21.5.